The van der Waals surface area contributed by atoms with E-state index in [2.05, 4.69) is 6.92 Å². The van der Waals surface area contributed by atoms with Crippen LogP contribution in [0.4, 0.5) is 5.69 Å². The molecule has 1 aromatic heterocycles. The molecule has 9 nitrogen and oxygen atoms in total. The van der Waals surface area contributed by atoms with Gasteiger partial charge in [-0.05, 0) is 73.4 Å². The molecule has 1 aliphatic heterocycles. The van der Waals surface area contributed by atoms with Gasteiger partial charge in [0.15, 0.2) is 22.9 Å². The van der Waals surface area contributed by atoms with Gasteiger partial charge >= 0.3 is 0 Å². The number of rotatable bonds is 6. The predicted molar refractivity (Wildman–Crippen MR) is 155 cm³/mol. The predicted octanol–water partition coefficient (Wildman–Crippen LogP) is 3.55. The second-order valence-electron chi connectivity index (χ2n) is 13.5. The lowest BCUT2D eigenvalue weighted by molar-refractivity contribution is -0.203. The minimum absolute atomic E-state index is 0.0124. The van der Waals surface area contributed by atoms with Crippen molar-refractivity contribution in [3.05, 3.63) is 76.8 Å². The van der Waals surface area contributed by atoms with Crippen LogP contribution < -0.4 is 5.73 Å². The van der Waals surface area contributed by atoms with Crippen LogP contribution in [-0.4, -0.2) is 51.3 Å². The summed E-state index contributed by atoms with van der Waals surface area (Å²) < 4.78 is 19.2. The van der Waals surface area contributed by atoms with Crippen molar-refractivity contribution in [1.29, 1.82) is 0 Å². The number of fused-ring (bicyclic) bond motifs is 7. The van der Waals surface area contributed by atoms with Gasteiger partial charge in [-0.25, -0.2) is 0 Å². The highest BCUT2D eigenvalue weighted by Gasteiger charge is 2.76. The first kappa shape index (κ1) is 28.7. The van der Waals surface area contributed by atoms with E-state index in [9.17, 15) is 24.9 Å². The Morgan fingerprint density at radius 1 is 1.16 bits per heavy atom. The van der Waals surface area contributed by atoms with E-state index in [1.807, 2.05) is 31.2 Å². The number of aliphatic hydroxyl groups is 3. The standard InChI is InChI=1S/C34H39NO8/c1-32-10-9-21(38)13-20(32)5-7-23-24-14-29-34(28(40)17-37,33(24,2)15-26(39)30(23)32)43-31(42-29)27-8-6-22(41-27)11-18-3-4-19(16-36)25(35)12-18/h3-4,6,8-10,12-13,23-24,26,29-31,36-37,39H,5,7,11,14-17,35H2,1-2H3/t23-,24-,26-,29+,30+,31+,32-,33-,34+/m0/s1. The van der Waals surface area contributed by atoms with Crippen LogP contribution in [0.15, 0.2) is 58.6 Å². The highest BCUT2D eigenvalue weighted by atomic mass is 16.8. The van der Waals surface area contributed by atoms with E-state index in [0.29, 0.717) is 42.0 Å². The molecule has 9 heteroatoms. The molecule has 4 fully saturated rings. The average Bonchev–Trinajstić information content (AvgIpc) is 3.65. The molecule has 2 heterocycles. The summed E-state index contributed by atoms with van der Waals surface area (Å²) in [6, 6.07) is 9.10. The molecule has 0 spiro atoms. The van der Waals surface area contributed by atoms with Gasteiger partial charge in [-0.1, -0.05) is 37.6 Å². The molecule has 7 rings (SSSR count). The number of ketones is 2. The van der Waals surface area contributed by atoms with Crippen molar-refractivity contribution in [3.63, 3.8) is 0 Å². The van der Waals surface area contributed by atoms with Gasteiger partial charge in [0.25, 0.3) is 0 Å². The summed E-state index contributed by atoms with van der Waals surface area (Å²) in [5.74, 6) is 0.657. The number of nitrogens with two attached hydrogens (primary N) is 1. The Labute approximate surface area is 250 Å². The maximum Gasteiger partial charge on any atom is 0.218 e. The highest BCUT2D eigenvalue weighted by molar-refractivity contribution is 6.01. The first-order valence-electron chi connectivity index (χ1n) is 15.2. The van der Waals surface area contributed by atoms with Crippen LogP contribution in [0.3, 0.4) is 0 Å². The monoisotopic (exact) mass is 589 g/mol. The molecule has 2 aromatic rings. The van der Waals surface area contributed by atoms with Crippen molar-refractivity contribution in [2.45, 2.75) is 76.7 Å². The smallest absolute Gasteiger partial charge is 0.218 e. The number of allylic oxidation sites excluding steroid dienone is 4. The second-order valence-corrected chi connectivity index (χ2v) is 13.5. The third-order valence-electron chi connectivity index (χ3n) is 11.5. The number of hydrogen-bond acceptors (Lipinski definition) is 9. The SMILES string of the molecule is C[C@]12C=CC(=O)C=C1CC[C@@H]1[C@@H]2[C@@H](O)C[C@@]2(C)[C@H]1C[C@H]1O[C@@H](c3ccc(Cc4ccc(CO)c(N)c4)o3)O[C@]12C(=O)CO. The van der Waals surface area contributed by atoms with Crippen molar-refractivity contribution in [3.8, 4) is 0 Å². The number of anilines is 1. The van der Waals surface area contributed by atoms with Crippen molar-refractivity contribution in [1.82, 2.24) is 0 Å². The number of benzene rings is 1. The second kappa shape index (κ2) is 9.97. The molecule has 0 unspecified atom stereocenters. The highest BCUT2D eigenvalue weighted by Crippen LogP contribution is 2.70. The molecule has 5 N–H and O–H groups in total. The van der Waals surface area contributed by atoms with E-state index in [1.54, 1.807) is 24.3 Å². The van der Waals surface area contributed by atoms with E-state index in [0.717, 1.165) is 24.0 Å². The van der Waals surface area contributed by atoms with Gasteiger partial charge < -0.3 is 34.9 Å². The molecule has 43 heavy (non-hydrogen) atoms. The maximum atomic E-state index is 13.7. The van der Waals surface area contributed by atoms with Crippen LogP contribution >= 0.6 is 0 Å². The van der Waals surface area contributed by atoms with Gasteiger partial charge in [0.1, 0.15) is 12.4 Å². The summed E-state index contributed by atoms with van der Waals surface area (Å²) in [6.45, 7) is 3.31. The number of Topliss-reactive ketones (excluding diaryl/α,β-unsaturated/α-hetero) is 1. The fourth-order valence-electron chi connectivity index (χ4n) is 9.53. The molecule has 3 saturated carbocycles. The first-order chi connectivity index (χ1) is 20.5. The minimum Gasteiger partial charge on any atom is -0.460 e. The summed E-state index contributed by atoms with van der Waals surface area (Å²) in [5.41, 5.74) is 6.57. The van der Waals surface area contributed by atoms with Gasteiger partial charge in [0, 0.05) is 34.4 Å². The van der Waals surface area contributed by atoms with E-state index in [4.69, 9.17) is 19.6 Å². The Balaban J connectivity index is 1.17. The zero-order valence-corrected chi connectivity index (χ0v) is 24.5. The number of ether oxygens (including phenoxy) is 2. The van der Waals surface area contributed by atoms with Crippen LogP contribution in [-0.2, 0) is 32.1 Å². The fraction of sp³-hybridized carbons (Fsp3) is 0.529. The van der Waals surface area contributed by atoms with E-state index in [-0.39, 0.29) is 30.1 Å². The normalized spacial score (nSPS) is 39.6. The number of carbonyl (C=O) groups is 2. The minimum atomic E-state index is -1.43. The Bertz CT molecular complexity index is 1540. The third kappa shape index (κ3) is 4.02. The fourth-order valence-corrected chi connectivity index (χ4v) is 9.53. The average molecular weight is 590 g/mol. The summed E-state index contributed by atoms with van der Waals surface area (Å²) in [5, 5.41) is 31.4. The molecule has 1 saturated heterocycles. The Kier molecular flexibility index (Phi) is 6.65. The summed E-state index contributed by atoms with van der Waals surface area (Å²) in [7, 11) is 0. The van der Waals surface area contributed by atoms with Crippen molar-refractivity contribution in [2.24, 2.45) is 28.6 Å². The molecule has 0 bridgehead atoms. The quantitative estimate of drug-likeness (QED) is 0.371. The number of hydrogen-bond donors (Lipinski definition) is 4. The van der Waals surface area contributed by atoms with E-state index in [1.165, 1.54) is 0 Å². The number of furan rings is 1. The molecule has 4 aliphatic carbocycles. The molecular formula is C34H39NO8. The largest absolute Gasteiger partial charge is 0.460 e. The van der Waals surface area contributed by atoms with Crippen molar-refractivity contribution in [2.75, 3.05) is 12.3 Å². The Morgan fingerprint density at radius 2 is 1.98 bits per heavy atom. The molecule has 0 amide bonds. The van der Waals surface area contributed by atoms with Crippen molar-refractivity contribution >= 4 is 17.3 Å². The molecule has 0 radical (unpaired) electrons. The lowest BCUT2D eigenvalue weighted by Gasteiger charge is -2.59. The third-order valence-corrected chi connectivity index (χ3v) is 11.5. The van der Waals surface area contributed by atoms with Crippen LogP contribution in [0.2, 0.25) is 0 Å². The lowest BCUT2D eigenvalue weighted by Crippen LogP contribution is -2.63. The Morgan fingerprint density at radius 3 is 2.72 bits per heavy atom. The summed E-state index contributed by atoms with van der Waals surface area (Å²) in [6.07, 6.45) is 5.93. The number of nitrogen functional groups attached to an aromatic ring is 1. The molecule has 9 atom stereocenters. The van der Waals surface area contributed by atoms with Crippen LogP contribution in [0.25, 0.3) is 0 Å². The van der Waals surface area contributed by atoms with Gasteiger partial charge in [-0.2, -0.15) is 0 Å². The Hall–Kier alpha value is -3.08. The molecule has 1 aromatic carbocycles. The summed E-state index contributed by atoms with van der Waals surface area (Å²) in [4.78, 5) is 25.9. The van der Waals surface area contributed by atoms with Gasteiger partial charge in [-0.3, -0.25) is 9.59 Å². The van der Waals surface area contributed by atoms with Crippen LogP contribution in [0.5, 0.6) is 0 Å². The lowest BCUT2D eigenvalue weighted by atomic mass is 9.46. The van der Waals surface area contributed by atoms with Gasteiger partial charge in [-0.15, -0.1) is 0 Å². The van der Waals surface area contributed by atoms with Gasteiger partial charge in [0.05, 0.1) is 18.8 Å². The number of aliphatic hydroxyl groups excluding tert-OH is 3. The summed E-state index contributed by atoms with van der Waals surface area (Å²) >= 11 is 0. The first-order valence-corrected chi connectivity index (χ1v) is 15.2. The molecular weight excluding hydrogens is 550 g/mol. The van der Waals surface area contributed by atoms with Crippen molar-refractivity contribution < 1.29 is 38.8 Å². The molecule has 228 valence electrons. The van der Waals surface area contributed by atoms with Gasteiger partial charge in [0.2, 0.25) is 6.29 Å². The number of carbonyl (C=O) groups excluding carboxylic acids is 2. The van der Waals surface area contributed by atoms with E-state index < -0.39 is 47.3 Å². The zero-order valence-electron chi connectivity index (χ0n) is 24.5. The van der Waals surface area contributed by atoms with E-state index >= 15 is 0 Å². The zero-order chi connectivity index (χ0) is 30.3. The van der Waals surface area contributed by atoms with Crippen LogP contribution in [0.1, 0.15) is 68.5 Å². The maximum absolute atomic E-state index is 13.7. The van der Waals surface area contributed by atoms with Crippen LogP contribution in [0, 0.1) is 28.6 Å². The topological polar surface area (TPSA) is 152 Å². The molecule has 5 aliphatic rings.